The first-order valence-corrected chi connectivity index (χ1v) is 3.55. The van der Waals surface area contributed by atoms with E-state index in [0.717, 1.165) is 23.7 Å². The van der Waals surface area contributed by atoms with Crippen LogP contribution in [0.25, 0.3) is 0 Å². The van der Waals surface area contributed by atoms with E-state index in [9.17, 15) is 23.2 Å². The largest absolute Gasteiger partial charge is 0.759 e. The van der Waals surface area contributed by atoms with Crippen LogP contribution in [0.2, 0.25) is 0 Å². The highest BCUT2D eigenvalue weighted by Gasteiger charge is 2.30. The predicted octanol–water partition coefficient (Wildman–Crippen LogP) is 1.93. The van der Waals surface area contributed by atoms with Crippen LogP contribution in [0.15, 0.2) is 24.3 Å². The highest BCUT2D eigenvalue weighted by Crippen LogP contribution is 2.29. The van der Waals surface area contributed by atoms with Gasteiger partial charge >= 0.3 is 6.18 Å². The van der Waals surface area contributed by atoms with Crippen LogP contribution in [0.3, 0.4) is 0 Å². The number of benzene rings is 1. The number of alkyl halides is 3. The van der Waals surface area contributed by atoms with Crippen LogP contribution in [-0.4, -0.2) is 5.91 Å². The summed E-state index contributed by atoms with van der Waals surface area (Å²) in [5.74, 6) is -1.09. The zero-order valence-electron chi connectivity index (χ0n) is 6.76. The molecule has 0 heterocycles. The number of carbonyl (C=O) groups excluding carboxylic acids is 1. The molecule has 0 radical (unpaired) electrons. The molecule has 3 nitrogen and oxygen atoms in total. The van der Waals surface area contributed by atoms with E-state index in [2.05, 4.69) is 0 Å². The lowest BCUT2D eigenvalue weighted by Gasteiger charge is -2.10. The second-order valence-electron chi connectivity index (χ2n) is 2.51. The van der Waals surface area contributed by atoms with Crippen LogP contribution in [0.4, 0.5) is 13.2 Å². The van der Waals surface area contributed by atoms with Crippen LogP contribution < -0.4 is 5.48 Å². The Morgan fingerprint density at radius 1 is 1.36 bits per heavy atom. The van der Waals surface area contributed by atoms with Crippen molar-refractivity contribution >= 4 is 5.91 Å². The highest BCUT2D eigenvalue weighted by molar-refractivity contribution is 5.94. The summed E-state index contributed by atoms with van der Waals surface area (Å²) in [6.07, 6.45) is -4.51. The minimum Gasteiger partial charge on any atom is -0.759 e. The van der Waals surface area contributed by atoms with Crippen molar-refractivity contribution in [2.75, 3.05) is 0 Å². The van der Waals surface area contributed by atoms with Crippen LogP contribution in [0, 0.1) is 5.21 Å². The number of hydrogen-bond acceptors (Lipinski definition) is 2. The van der Waals surface area contributed by atoms with Gasteiger partial charge in [0.2, 0.25) is 5.91 Å². The standard InChI is InChI=1S/C8H5F3NO2/c9-8(10,11)6-3-1-2-5(4-6)7(13)12-14/h1-4H,(H-,12,13,14)/q-1. The quantitative estimate of drug-likeness (QED) is 0.710. The molecular formula is C8H5F3NO2-. The SMILES string of the molecule is O=C(N[O-])c1cccc(C(F)(F)F)c1. The van der Waals surface area contributed by atoms with Gasteiger partial charge in [-0.1, -0.05) is 6.07 Å². The molecule has 0 bridgehead atoms. The van der Waals surface area contributed by atoms with E-state index in [0.29, 0.717) is 6.07 Å². The number of amides is 1. The normalized spacial score (nSPS) is 11.1. The van der Waals surface area contributed by atoms with E-state index >= 15 is 0 Å². The second kappa shape index (κ2) is 3.67. The van der Waals surface area contributed by atoms with Crippen molar-refractivity contribution in [2.45, 2.75) is 6.18 Å². The summed E-state index contributed by atoms with van der Waals surface area (Å²) in [7, 11) is 0. The van der Waals surface area contributed by atoms with Crippen molar-refractivity contribution in [3.8, 4) is 0 Å². The number of rotatable bonds is 1. The molecule has 0 aromatic heterocycles. The van der Waals surface area contributed by atoms with Gasteiger partial charge in [0.25, 0.3) is 0 Å². The van der Waals surface area contributed by atoms with Crippen molar-refractivity contribution in [1.82, 2.24) is 5.48 Å². The summed E-state index contributed by atoms with van der Waals surface area (Å²) in [6, 6.07) is 3.63. The lowest BCUT2D eigenvalue weighted by atomic mass is 10.1. The average Bonchev–Trinajstić information content (AvgIpc) is 2.15. The molecule has 6 heteroatoms. The second-order valence-corrected chi connectivity index (χ2v) is 2.51. The van der Waals surface area contributed by atoms with Crippen molar-refractivity contribution in [1.29, 1.82) is 0 Å². The van der Waals surface area contributed by atoms with Gasteiger partial charge in [0.15, 0.2) is 0 Å². The zero-order valence-corrected chi connectivity index (χ0v) is 6.76. The Morgan fingerprint density at radius 3 is 2.50 bits per heavy atom. The summed E-state index contributed by atoms with van der Waals surface area (Å²) in [5.41, 5.74) is -0.266. The van der Waals surface area contributed by atoms with E-state index in [1.165, 1.54) is 0 Å². The molecule has 0 spiro atoms. The van der Waals surface area contributed by atoms with Gasteiger partial charge in [0.05, 0.1) is 5.56 Å². The minimum atomic E-state index is -4.51. The zero-order chi connectivity index (χ0) is 10.8. The Kier molecular flexibility index (Phi) is 2.76. The van der Waals surface area contributed by atoms with Crippen LogP contribution >= 0.6 is 0 Å². The maximum Gasteiger partial charge on any atom is 0.416 e. The number of halogens is 3. The van der Waals surface area contributed by atoms with E-state index in [1.807, 2.05) is 0 Å². The third kappa shape index (κ3) is 2.23. The first kappa shape index (κ1) is 10.5. The maximum atomic E-state index is 12.1. The molecule has 0 saturated carbocycles. The molecule has 76 valence electrons. The fourth-order valence-electron chi connectivity index (χ4n) is 0.896. The molecule has 1 aromatic carbocycles. The molecule has 1 N–H and O–H groups in total. The van der Waals surface area contributed by atoms with Gasteiger partial charge in [0.1, 0.15) is 0 Å². The van der Waals surface area contributed by atoms with Crippen LogP contribution in [0.5, 0.6) is 0 Å². The molecule has 0 atom stereocenters. The summed E-state index contributed by atoms with van der Waals surface area (Å²) < 4.78 is 36.4. The Balaban J connectivity index is 3.08. The van der Waals surface area contributed by atoms with Crippen molar-refractivity contribution in [3.63, 3.8) is 0 Å². The van der Waals surface area contributed by atoms with Crippen molar-refractivity contribution in [2.24, 2.45) is 0 Å². The Labute approximate surface area is 77.1 Å². The highest BCUT2D eigenvalue weighted by atomic mass is 19.4. The fraction of sp³-hybridized carbons (Fsp3) is 0.125. The molecule has 14 heavy (non-hydrogen) atoms. The van der Waals surface area contributed by atoms with E-state index < -0.39 is 17.6 Å². The van der Waals surface area contributed by atoms with Crippen molar-refractivity contribution < 1.29 is 18.0 Å². The van der Waals surface area contributed by atoms with Gasteiger partial charge in [-0.3, -0.25) is 4.79 Å². The van der Waals surface area contributed by atoms with Gasteiger partial charge in [-0.05, 0) is 18.2 Å². The summed E-state index contributed by atoms with van der Waals surface area (Å²) in [6.45, 7) is 0. The summed E-state index contributed by atoms with van der Waals surface area (Å²) in [4.78, 5) is 10.7. The minimum absolute atomic E-state index is 0.310. The van der Waals surface area contributed by atoms with Gasteiger partial charge in [-0.15, -0.1) is 0 Å². The van der Waals surface area contributed by atoms with Gasteiger partial charge in [-0.2, -0.15) is 13.2 Å². The predicted molar refractivity (Wildman–Crippen MR) is 42.3 cm³/mol. The molecule has 1 aromatic rings. The van der Waals surface area contributed by atoms with E-state index in [4.69, 9.17) is 0 Å². The molecule has 1 rings (SSSR count). The molecule has 0 aliphatic rings. The molecule has 0 saturated heterocycles. The molecular weight excluding hydrogens is 199 g/mol. The first-order chi connectivity index (χ1) is 6.45. The first-order valence-electron chi connectivity index (χ1n) is 3.55. The third-order valence-corrected chi connectivity index (χ3v) is 1.54. The molecule has 0 unspecified atom stereocenters. The Hall–Kier alpha value is -1.56. The maximum absolute atomic E-state index is 12.1. The molecule has 1 amide bonds. The summed E-state index contributed by atoms with van der Waals surface area (Å²) >= 11 is 0. The smallest absolute Gasteiger partial charge is 0.416 e. The summed E-state index contributed by atoms with van der Waals surface area (Å²) in [5, 5.41) is 9.91. The Bertz CT molecular complexity index is 349. The molecule has 0 aliphatic heterocycles. The molecule has 0 fully saturated rings. The number of hydrogen-bond donors (Lipinski definition) is 1. The lowest BCUT2D eigenvalue weighted by Crippen LogP contribution is -2.17. The van der Waals surface area contributed by atoms with Crippen LogP contribution in [-0.2, 0) is 6.18 Å². The number of nitrogens with one attached hydrogen (secondary N) is 1. The van der Waals surface area contributed by atoms with E-state index in [1.54, 1.807) is 0 Å². The lowest BCUT2D eigenvalue weighted by molar-refractivity contribution is -0.137. The van der Waals surface area contributed by atoms with Crippen LogP contribution in [0.1, 0.15) is 15.9 Å². The van der Waals surface area contributed by atoms with Gasteiger partial charge in [-0.25, -0.2) is 0 Å². The topological polar surface area (TPSA) is 52.2 Å². The third-order valence-electron chi connectivity index (χ3n) is 1.54. The monoisotopic (exact) mass is 204 g/mol. The number of hydroxylamine groups is 1. The fourth-order valence-corrected chi connectivity index (χ4v) is 0.896. The Morgan fingerprint density at radius 2 is 2.00 bits per heavy atom. The van der Waals surface area contributed by atoms with Gasteiger partial charge in [0, 0.05) is 5.56 Å². The van der Waals surface area contributed by atoms with Gasteiger partial charge < -0.3 is 10.7 Å². The number of carbonyl (C=O) groups is 1. The van der Waals surface area contributed by atoms with Crippen molar-refractivity contribution in [3.05, 3.63) is 40.6 Å². The molecule has 0 aliphatic carbocycles. The average molecular weight is 204 g/mol. The van der Waals surface area contributed by atoms with E-state index in [-0.39, 0.29) is 5.56 Å².